The van der Waals surface area contributed by atoms with Crippen molar-refractivity contribution in [1.82, 2.24) is 14.8 Å². The highest BCUT2D eigenvalue weighted by molar-refractivity contribution is 5.73. The maximum absolute atomic E-state index is 10.6. The number of halogens is 6. The van der Waals surface area contributed by atoms with Crippen LogP contribution in [-0.4, -0.2) is 81.6 Å². The minimum Gasteiger partial charge on any atom is -0.497 e. The summed E-state index contributed by atoms with van der Waals surface area (Å²) in [7, 11) is 1.72. The molecule has 0 aliphatic carbocycles. The van der Waals surface area contributed by atoms with Crippen LogP contribution in [0.3, 0.4) is 0 Å². The fourth-order valence-corrected chi connectivity index (χ4v) is 4.64. The van der Waals surface area contributed by atoms with Gasteiger partial charge in [0.05, 0.1) is 7.11 Å². The van der Waals surface area contributed by atoms with Crippen molar-refractivity contribution in [3.63, 3.8) is 0 Å². The number of hydrogen-bond donors (Lipinski definition) is 2. The molecule has 1 aromatic heterocycles. The van der Waals surface area contributed by atoms with E-state index in [1.807, 2.05) is 12.4 Å². The minimum atomic E-state index is -5.08. The molecule has 222 valence electrons. The number of benzene rings is 1. The van der Waals surface area contributed by atoms with E-state index in [9.17, 15) is 26.3 Å². The Morgan fingerprint density at radius 1 is 0.875 bits per heavy atom. The third-order valence-electron chi connectivity index (χ3n) is 6.67. The summed E-state index contributed by atoms with van der Waals surface area (Å²) >= 11 is 0. The number of ether oxygens (including phenoxy) is 1. The molecule has 0 atom stereocenters. The summed E-state index contributed by atoms with van der Waals surface area (Å²) in [6.45, 7) is 5.70. The van der Waals surface area contributed by atoms with E-state index in [4.69, 9.17) is 24.5 Å². The van der Waals surface area contributed by atoms with E-state index in [1.54, 1.807) is 7.11 Å². The van der Waals surface area contributed by atoms with Gasteiger partial charge in [-0.3, -0.25) is 14.8 Å². The van der Waals surface area contributed by atoms with Gasteiger partial charge in [-0.2, -0.15) is 26.3 Å². The summed E-state index contributed by atoms with van der Waals surface area (Å²) in [4.78, 5) is 27.4. The van der Waals surface area contributed by atoms with Gasteiger partial charge >= 0.3 is 24.3 Å². The first-order chi connectivity index (χ1) is 18.7. The first-order valence-electron chi connectivity index (χ1n) is 12.3. The van der Waals surface area contributed by atoms with Crippen LogP contribution in [0.1, 0.15) is 36.8 Å². The van der Waals surface area contributed by atoms with Gasteiger partial charge in [0.1, 0.15) is 5.75 Å². The number of pyridine rings is 1. The van der Waals surface area contributed by atoms with E-state index in [0.29, 0.717) is 5.54 Å². The van der Waals surface area contributed by atoms with Crippen LogP contribution in [-0.2, 0) is 22.7 Å². The number of nitrogens with zero attached hydrogens (tertiary/aromatic N) is 3. The molecule has 0 amide bonds. The highest BCUT2D eigenvalue weighted by Gasteiger charge is 2.43. The number of carboxylic acids is 2. The molecule has 0 unspecified atom stereocenters. The summed E-state index contributed by atoms with van der Waals surface area (Å²) in [5.41, 5.74) is 3.13. The van der Waals surface area contributed by atoms with Crippen molar-refractivity contribution < 1.29 is 50.9 Å². The molecule has 3 heterocycles. The Kier molecular flexibility index (Phi) is 11.7. The smallest absolute Gasteiger partial charge is 0.490 e. The number of carbonyl (C=O) groups is 2. The predicted molar refractivity (Wildman–Crippen MR) is 131 cm³/mol. The lowest BCUT2D eigenvalue weighted by Crippen LogP contribution is -2.51. The molecule has 2 aliphatic heterocycles. The Balaban J connectivity index is 0.000000333. The summed E-state index contributed by atoms with van der Waals surface area (Å²) in [6.07, 6.45) is -1.04. The first kappa shape index (κ1) is 32.8. The summed E-state index contributed by atoms with van der Waals surface area (Å²) < 4.78 is 68.7. The van der Waals surface area contributed by atoms with E-state index in [2.05, 4.69) is 51.2 Å². The second kappa shape index (κ2) is 14.3. The molecule has 0 bridgehead atoms. The van der Waals surface area contributed by atoms with Crippen molar-refractivity contribution in [3.05, 3.63) is 59.9 Å². The third-order valence-corrected chi connectivity index (χ3v) is 6.67. The molecular weight excluding hydrogens is 548 g/mol. The van der Waals surface area contributed by atoms with E-state index >= 15 is 0 Å². The highest BCUT2D eigenvalue weighted by atomic mass is 19.4. The monoisotopic (exact) mass is 579 g/mol. The van der Waals surface area contributed by atoms with Crippen molar-refractivity contribution in [2.45, 2.75) is 56.7 Å². The molecule has 2 aromatic rings. The number of likely N-dealkylation sites (tertiary alicyclic amines) is 2. The Morgan fingerprint density at radius 2 is 1.43 bits per heavy atom. The van der Waals surface area contributed by atoms with E-state index in [-0.39, 0.29) is 0 Å². The maximum atomic E-state index is 10.6. The van der Waals surface area contributed by atoms with Gasteiger partial charge in [0, 0.05) is 44.1 Å². The van der Waals surface area contributed by atoms with Gasteiger partial charge < -0.3 is 14.9 Å². The SMILES string of the molecule is COc1ccc(CN2CCC3(CCCN3Cc3cccnc3)CC2)cc1.O=C(O)C(F)(F)F.O=C(O)C(F)(F)F. The van der Waals surface area contributed by atoms with E-state index in [0.717, 1.165) is 18.8 Å². The molecule has 4 rings (SSSR count). The van der Waals surface area contributed by atoms with Crippen molar-refractivity contribution in [1.29, 1.82) is 0 Å². The average Bonchev–Trinajstić information content (AvgIpc) is 3.27. The van der Waals surface area contributed by atoms with Gasteiger partial charge in [-0.25, -0.2) is 9.59 Å². The number of alkyl halides is 6. The number of rotatable bonds is 5. The Hall–Kier alpha value is -3.39. The fraction of sp³-hybridized carbons (Fsp3) is 0.500. The van der Waals surface area contributed by atoms with Crippen LogP contribution in [0.15, 0.2) is 48.8 Å². The van der Waals surface area contributed by atoms with Gasteiger partial charge in [-0.05, 0) is 61.6 Å². The van der Waals surface area contributed by atoms with E-state index < -0.39 is 24.3 Å². The van der Waals surface area contributed by atoms with Crippen molar-refractivity contribution in [2.24, 2.45) is 0 Å². The minimum absolute atomic E-state index is 0.409. The molecule has 1 aromatic carbocycles. The summed E-state index contributed by atoms with van der Waals surface area (Å²) in [5, 5.41) is 14.2. The summed E-state index contributed by atoms with van der Waals surface area (Å²) in [6, 6.07) is 12.8. The molecule has 2 fully saturated rings. The second-order valence-corrected chi connectivity index (χ2v) is 9.34. The Morgan fingerprint density at radius 3 is 1.88 bits per heavy atom. The first-order valence-corrected chi connectivity index (χ1v) is 12.3. The van der Waals surface area contributed by atoms with Gasteiger partial charge in [0.15, 0.2) is 0 Å². The van der Waals surface area contributed by atoms with Crippen LogP contribution >= 0.6 is 0 Å². The van der Waals surface area contributed by atoms with Crippen LogP contribution in [0, 0.1) is 0 Å². The number of carboxylic acid groups (broad SMARTS) is 2. The van der Waals surface area contributed by atoms with Crippen LogP contribution in [0.2, 0.25) is 0 Å². The van der Waals surface area contributed by atoms with Crippen LogP contribution in [0.5, 0.6) is 5.75 Å². The maximum Gasteiger partial charge on any atom is 0.490 e. The van der Waals surface area contributed by atoms with Crippen LogP contribution < -0.4 is 4.74 Å². The van der Waals surface area contributed by atoms with Crippen molar-refractivity contribution in [3.8, 4) is 5.75 Å². The largest absolute Gasteiger partial charge is 0.497 e. The molecular formula is C26H31F6N3O5. The molecule has 40 heavy (non-hydrogen) atoms. The molecule has 14 heteroatoms. The van der Waals surface area contributed by atoms with Crippen LogP contribution in [0.25, 0.3) is 0 Å². The predicted octanol–water partition coefficient (Wildman–Crippen LogP) is 4.99. The lowest BCUT2D eigenvalue weighted by atomic mass is 9.84. The topological polar surface area (TPSA) is 103 Å². The Bertz CT molecular complexity index is 1050. The zero-order chi connectivity index (χ0) is 30.0. The number of piperidine rings is 1. The number of aromatic nitrogens is 1. The molecule has 2 saturated heterocycles. The van der Waals surface area contributed by atoms with Crippen molar-refractivity contribution in [2.75, 3.05) is 26.7 Å². The van der Waals surface area contributed by atoms with Crippen molar-refractivity contribution >= 4 is 11.9 Å². The zero-order valence-corrected chi connectivity index (χ0v) is 21.7. The molecule has 8 nitrogen and oxygen atoms in total. The number of aliphatic carboxylic acids is 2. The van der Waals surface area contributed by atoms with Gasteiger partial charge in [0.25, 0.3) is 0 Å². The molecule has 0 radical (unpaired) electrons. The average molecular weight is 580 g/mol. The molecule has 1 spiro atoms. The highest BCUT2D eigenvalue weighted by Crippen LogP contribution is 2.39. The molecule has 2 N–H and O–H groups in total. The fourth-order valence-electron chi connectivity index (χ4n) is 4.64. The Labute approximate surface area is 227 Å². The van der Waals surface area contributed by atoms with Gasteiger partial charge in [-0.15, -0.1) is 0 Å². The quantitative estimate of drug-likeness (QED) is 0.478. The molecule has 2 aliphatic rings. The zero-order valence-electron chi connectivity index (χ0n) is 21.7. The number of methoxy groups -OCH3 is 1. The van der Waals surface area contributed by atoms with Gasteiger partial charge in [0.2, 0.25) is 0 Å². The van der Waals surface area contributed by atoms with Crippen LogP contribution in [0.4, 0.5) is 26.3 Å². The summed E-state index contributed by atoms with van der Waals surface area (Å²) in [5.74, 6) is -4.58. The lowest BCUT2D eigenvalue weighted by Gasteiger charge is -2.45. The van der Waals surface area contributed by atoms with E-state index in [1.165, 1.54) is 56.4 Å². The third kappa shape index (κ3) is 10.3. The standard InChI is InChI=1S/C22H29N3O.2C2HF3O2/c1-26-21-7-5-19(6-8-21)17-24-14-10-22(11-15-24)9-3-13-25(22)18-20-4-2-12-23-16-20;2*3-2(4,5)1(6)7/h2,4-8,12,16H,3,9-11,13-15,17-18H2,1H3;2*(H,6,7). The molecule has 0 saturated carbocycles. The number of hydrogen-bond acceptors (Lipinski definition) is 6. The second-order valence-electron chi connectivity index (χ2n) is 9.34. The normalized spacial score (nSPS) is 17.3. The lowest BCUT2D eigenvalue weighted by molar-refractivity contribution is -0.193. The van der Waals surface area contributed by atoms with Gasteiger partial charge in [-0.1, -0.05) is 18.2 Å².